The van der Waals surface area contributed by atoms with Gasteiger partial charge in [0.15, 0.2) is 0 Å². The summed E-state index contributed by atoms with van der Waals surface area (Å²) in [5, 5.41) is 9.24. The number of piperidine rings is 1. The molecule has 2 rings (SSSR count). The molecule has 0 saturated carbocycles. The van der Waals surface area contributed by atoms with Crippen molar-refractivity contribution >= 4 is 27.7 Å². The van der Waals surface area contributed by atoms with Crippen LogP contribution < -0.4 is 4.90 Å². The zero-order valence-corrected chi connectivity index (χ0v) is 12.2. The summed E-state index contributed by atoms with van der Waals surface area (Å²) >= 11 is 3.26. The van der Waals surface area contributed by atoms with E-state index in [-0.39, 0.29) is 5.56 Å². The minimum atomic E-state index is -0.927. The lowest BCUT2D eigenvalue weighted by Gasteiger charge is -2.37. The highest BCUT2D eigenvalue weighted by molar-refractivity contribution is 9.10. The molecular weight excluding hydrogens is 296 g/mol. The van der Waals surface area contributed by atoms with E-state index in [1.54, 1.807) is 12.3 Å². The standard InChI is InChI=1S/C13H17BrN2O2/c1-13(2)3-5-16(6-4-13)11-10(12(17)18)7-9(14)8-15-11/h7-8H,3-6H2,1-2H3,(H,17,18). The molecule has 0 aliphatic carbocycles. The minimum absolute atomic E-state index is 0.268. The van der Waals surface area contributed by atoms with E-state index in [1.807, 2.05) is 0 Å². The van der Waals surface area contributed by atoms with Gasteiger partial charge in [-0.05, 0) is 40.3 Å². The first-order chi connectivity index (χ1) is 8.39. The number of carbonyl (C=O) groups is 1. The molecule has 1 fully saturated rings. The van der Waals surface area contributed by atoms with E-state index in [0.717, 1.165) is 25.9 Å². The van der Waals surface area contributed by atoms with Gasteiger partial charge in [0.2, 0.25) is 0 Å². The molecule has 2 heterocycles. The molecule has 1 aromatic heterocycles. The van der Waals surface area contributed by atoms with Gasteiger partial charge in [-0.25, -0.2) is 9.78 Å². The largest absolute Gasteiger partial charge is 0.478 e. The molecule has 4 nitrogen and oxygen atoms in total. The Hall–Kier alpha value is -1.10. The predicted molar refractivity (Wildman–Crippen MR) is 74.1 cm³/mol. The van der Waals surface area contributed by atoms with Gasteiger partial charge in [-0.2, -0.15) is 0 Å². The maximum absolute atomic E-state index is 11.3. The first kappa shape index (κ1) is 13.3. The van der Waals surface area contributed by atoms with Crippen molar-refractivity contribution in [2.45, 2.75) is 26.7 Å². The van der Waals surface area contributed by atoms with Crippen molar-refractivity contribution in [3.63, 3.8) is 0 Å². The molecule has 98 valence electrons. The first-order valence-corrected chi connectivity index (χ1v) is 6.82. The Morgan fingerprint density at radius 1 is 1.44 bits per heavy atom. The molecule has 5 heteroatoms. The van der Waals surface area contributed by atoms with E-state index in [1.165, 1.54) is 0 Å². The van der Waals surface area contributed by atoms with E-state index < -0.39 is 5.97 Å². The number of carboxylic acids is 1. The topological polar surface area (TPSA) is 53.4 Å². The highest BCUT2D eigenvalue weighted by atomic mass is 79.9. The molecular formula is C13H17BrN2O2. The van der Waals surface area contributed by atoms with E-state index in [4.69, 9.17) is 0 Å². The van der Waals surface area contributed by atoms with Crippen LogP contribution in [-0.4, -0.2) is 29.1 Å². The molecule has 1 saturated heterocycles. The summed E-state index contributed by atoms with van der Waals surface area (Å²) in [7, 11) is 0. The first-order valence-electron chi connectivity index (χ1n) is 6.03. The van der Waals surface area contributed by atoms with Crippen molar-refractivity contribution in [1.29, 1.82) is 0 Å². The molecule has 1 aliphatic rings. The smallest absolute Gasteiger partial charge is 0.339 e. The average molecular weight is 313 g/mol. The predicted octanol–water partition coefficient (Wildman–Crippen LogP) is 3.17. The van der Waals surface area contributed by atoms with Crippen LogP contribution in [0.15, 0.2) is 16.7 Å². The van der Waals surface area contributed by atoms with Crippen molar-refractivity contribution in [1.82, 2.24) is 4.98 Å². The summed E-state index contributed by atoms with van der Waals surface area (Å²) in [5.41, 5.74) is 0.610. The van der Waals surface area contributed by atoms with Crippen LogP contribution in [0.4, 0.5) is 5.82 Å². The number of pyridine rings is 1. The third kappa shape index (κ3) is 2.83. The van der Waals surface area contributed by atoms with E-state index in [9.17, 15) is 9.90 Å². The Bertz CT molecular complexity index is 464. The lowest BCUT2D eigenvalue weighted by Crippen LogP contribution is -2.38. The van der Waals surface area contributed by atoms with Crippen LogP contribution in [-0.2, 0) is 0 Å². The van der Waals surface area contributed by atoms with Gasteiger partial charge in [-0.3, -0.25) is 0 Å². The molecule has 0 aromatic carbocycles. The summed E-state index contributed by atoms with van der Waals surface area (Å²) < 4.78 is 0.695. The number of aromatic carboxylic acids is 1. The minimum Gasteiger partial charge on any atom is -0.478 e. The molecule has 0 unspecified atom stereocenters. The van der Waals surface area contributed by atoms with Gasteiger partial charge in [-0.1, -0.05) is 13.8 Å². The van der Waals surface area contributed by atoms with Crippen LogP contribution in [0, 0.1) is 5.41 Å². The second-order valence-corrected chi connectivity index (χ2v) is 6.40. The Morgan fingerprint density at radius 3 is 2.61 bits per heavy atom. The third-order valence-corrected chi connectivity index (χ3v) is 3.91. The Labute approximate surface area is 115 Å². The second-order valence-electron chi connectivity index (χ2n) is 5.48. The fraction of sp³-hybridized carbons (Fsp3) is 0.538. The Kier molecular flexibility index (Phi) is 3.61. The summed E-state index contributed by atoms with van der Waals surface area (Å²) in [6.45, 7) is 6.22. The van der Waals surface area contributed by atoms with Crippen LogP contribution >= 0.6 is 15.9 Å². The number of aromatic nitrogens is 1. The molecule has 0 amide bonds. The lowest BCUT2D eigenvalue weighted by atomic mass is 9.82. The second kappa shape index (κ2) is 4.88. The van der Waals surface area contributed by atoms with Crippen LogP contribution in [0.5, 0.6) is 0 Å². The monoisotopic (exact) mass is 312 g/mol. The van der Waals surface area contributed by atoms with E-state index >= 15 is 0 Å². The van der Waals surface area contributed by atoms with Crippen molar-refractivity contribution in [3.8, 4) is 0 Å². The third-order valence-electron chi connectivity index (χ3n) is 3.48. The molecule has 0 spiro atoms. The fourth-order valence-corrected chi connectivity index (χ4v) is 2.50. The number of hydrogen-bond donors (Lipinski definition) is 1. The average Bonchev–Trinajstić information content (AvgIpc) is 2.29. The van der Waals surface area contributed by atoms with Crippen molar-refractivity contribution in [3.05, 3.63) is 22.3 Å². The molecule has 0 atom stereocenters. The summed E-state index contributed by atoms with van der Waals surface area (Å²) in [4.78, 5) is 17.6. The van der Waals surface area contributed by atoms with Crippen molar-refractivity contribution < 1.29 is 9.90 Å². The van der Waals surface area contributed by atoms with Crippen LogP contribution in [0.3, 0.4) is 0 Å². The zero-order chi connectivity index (χ0) is 13.3. The van der Waals surface area contributed by atoms with Gasteiger partial charge in [0.25, 0.3) is 0 Å². The number of nitrogens with zero attached hydrogens (tertiary/aromatic N) is 2. The molecule has 1 N–H and O–H groups in total. The highest BCUT2D eigenvalue weighted by Gasteiger charge is 2.28. The molecule has 18 heavy (non-hydrogen) atoms. The van der Waals surface area contributed by atoms with Crippen molar-refractivity contribution in [2.24, 2.45) is 5.41 Å². The van der Waals surface area contributed by atoms with Crippen LogP contribution in [0.2, 0.25) is 0 Å². The number of hydrogen-bond acceptors (Lipinski definition) is 3. The summed E-state index contributed by atoms with van der Waals surface area (Å²) in [6.07, 6.45) is 3.77. The van der Waals surface area contributed by atoms with E-state index in [2.05, 4.69) is 39.7 Å². The van der Waals surface area contributed by atoms with Crippen molar-refractivity contribution in [2.75, 3.05) is 18.0 Å². The SMILES string of the molecule is CC1(C)CCN(c2ncc(Br)cc2C(=O)O)CC1. The molecule has 0 bridgehead atoms. The van der Waals surface area contributed by atoms with Gasteiger partial charge in [0.05, 0.1) is 0 Å². The van der Waals surface area contributed by atoms with Crippen LogP contribution in [0.25, 0.3) is 0 Å². The molecule has 1 aromatic rings. The summed E-state index contributed by atoms with van der Waals surface area (Å²) in [6, 6.07) is 1.62. The zero-order valence-electron chi connectivity index (χ0n) is 10.6. The maximum Gasteiger partial charge on any atom is 0.339 e. The van der Waals surface area contributed by atoms with E-state index in [0.29, 0.717) is 15.7 Å². The number of rotatable bonds is 2. The summed E-state index contributed by atoms with van der Waals surface area (Å²) in [5.74, 6) is -0.343. The van der Waals surface area contributed by atoms with Gasteiger partial charge in [-0.15, -0.1) is 0 Å². The number of anilines is 1. The normalized spacial score (nSPS) is 18.7. The number of halogens is 1. The molecule has 0 radical (unpaired) electrons. The van der Waals surface area contributed by atoms with Gasteiger partial charge in [0.1, 0.15) is 11.4 Å². The van der Waals surface area contributed by atoms with Gasteiger partial charge >= 0.3 is 5.97 Å². The maximum atomic E-state index is 11.3. The molecule has 1 aliphatic heterocycles. The highest BCUT2D eigenvalue weighted by Crippen LogP contribution is 2.33. The quantitative estimate of drug-likeness (QED) is 0.911. The van der Waals surface area contributed by atoms with Crippen LogP contribution in [0.1, 0.15) is 37.0 Å². The fourth-order valence-electron chi connectivity index (χ4n) is 2.17. The van der Waals surface area contributed by atoms with Gasteiger partial charge < -0.3 is 10.0 Å². The lowest BCUT2D eigenvalue weighted by molar-refractivity contribution is 0.0697. The number of carboxylic acid groups (broad SMARTS) is 1. The van der Waals surface area contributed by atoms with Gasteiger partial charge in [0, 0.05) is 23.8 Å². The Morgan fingerprint density at radius 2 is 2.06 bits per heavy atom. The Balaban J connectivity index is 2.26.